The van der Waals surface area contributed by atoms with E-state index in [-0.39, 0.29) is 22.8 Å². The SMILES string of the molecule is O=C1c2c(O)cc(O[C@@H]3O[C@H](CO)[C@@H](O)[C@H](O)[C@H]3O)cc2O[C@@H](c2ccc(O)cc2)[C@H]1O. The van der Waals surface area contributed by atoms with Crippen LogP contribution in [0.5, 0.6) is 23.0 Å². The van der Waals surface area contributed by atoms with Gasteiger partial charge in [0.1, 0.15) is 53.0 Å². The van der Waals surface area contributed by atoms with Crippen molar-refractivity contribution in [1.29, 1.82) is 0 Å². The first-order valence-electron chi connectivity index (χ1n) is 9.73. The van der Waals surface area contributed by atoms with E-state index in [9.17, 15) is 40.5 Å². The second-order valence-electron chi connectivity index (χ2n) is 7.57. The Morgan fingerprint density at radius 1 is 0.938 bits per heavy atom. The van der Waals surface area contributed by atoms with Gasteiger partial charge in [0.2, 0.25) is 12.1 Å². The van der Waals surface area contributed by atoms with Crippen molar-refractivity contribution in [2.75, 3.05) is 6.61 Å². The quantitative estimate of drug-likeness (QED) is 0.301. The Kier molecular flexibility index (Phi) is 5.95. The summed E-state index contributed by atoms with van der Waals surface area (Å²) < 4.78 is 16.5. The molecule has 11 heteroatoms. The number of phenols is 2. The van der Waals surface area contributed by atoms with Gasteiger partial charge in [-0.15, -0.1) is 0 Å². The molecule has 2 aliphatic rings. The van der Waals surface area contributed by atoms with Crippen LogP contribution in [0.1, 0.15) is 22.0 Å². The Hall–Kier alpha value is -2.93. The molecular formula is C21H22O11. The fraction of sp³-hybridized carbons (Fsp3) is 0.381. The van der Waals surface area contributed by atoms with Crippen molar-refractivity contribution in [1.82, 2.24) is 0 Å². The molecule has 2 aromatic rings. The Balaban J connectivity index is 1.63. The summed E-state index contributed by atoms with van der Waals surface area (Å²) in [6.07, 6.45) is -10.4. The van der Waals surface area contributed by atoms with Crippen LogP contribution in [0.4, 0.5) is 0 Å². The number of hydrogen-bond donors (Lipinski definition) is 7. The van der Waals surface area contributed by atoms with Crippen LogP contribution in [0.15, 0.2) is 36.4 Å². The summed E-state index contributed by atoms with van der Waals surface area (Å²) in [5.41, 5.74) is 0.128. The summed E-state index contributed by atoms with van der Waals surface area (Å²) in [5, 5.41) is 69.4. The van der Waals surface area contributed by atoms with E-state index in [1.807, 2.05) is 0 Å². The van der Waals surface area contributed by atoms with E-state index in [2.05, 4.69) is 0 Å². The van der Waals surface area contributed by atoms with Crippen molar-refractivity contribution in [3.8, 4) is 23.0 Å². The predicted molar refractivity (Wildman–Crippen MR) is 104 cm³/mol. The fourth-order valence-corrected chi connectivity index (χ4v) is 3.68. The van der Waals surface area contributed by atoms with E-state index in [1.54, 1.807) is 0 Å². The van der Waals surface area contributed by atoms with Gasteiger partial charge in [-0.2, -0.15) is 0 Å². The second kappa shape index (κ2) is 8.54. The highest BCUT2D eigenvalue weighted by atomic mass is 16.7. The van der Waals surface area contributed by atoms with Crippen LogP contribution in [0.25, 0.3) is 0 Å². The number of ether oxygens (including phenoxy) is 3. The molecule has 0 unspecified atom stereocenters. The molecule has 172 valence electrons. The molecule has 7 N–H and O–H groups in total. The van der Waals surface area contributed by atoms with Gasteiger partial charge in [-0.1, -0.05) is 12.1 Å². The monoisotopic (exact) mass is 450 g/mol. The lowest BCUT2D eigenvalue weighted by Gasteiger charge is -2.39. The topological polar surface area (TPSA) is 186 Å². The number of aromatic hydroxyl groups is 2. The average molecular weight is 450 g/mol. The van der Waals surface area contributed by atoms with Gasteiger partial charge in [-0.25, -0.2) is 0 Å². The minimum atomic E-state index is -1.68. The molecule has 7 atom stereocenters. The Morgan fingerprint density at radius 3 is 2.28 bits per heavy atom. The van der Waals surface area contributed by atoms with Gasteiger partial charge in [0, 0.05) is 12.1 Å². The first-order valence-corrected chi connectivity index (χ1v) is 9.73. The van der Waals surface area contributed by atoms with Gasteiger partial charge < -0.3 is 50.0 Å². The number of carbonyl (C=O) groups excluding carboxylic acids is 1. The number of rotatable bonds is 4. The number of ketones is 1. The molecule has 0 amide bonds. The van der Waals surface area contributed by atoms with Gasteiger partial charge in [0.25, 0.3) is 0 Å². The zero-order valence-electron chi connectivity index (χ0n) is 16.5. The Bertz CT molecular complexity index is 990. The van der Waals surface area contributed by atoms with Gasteiger partial charge in [-0.05, 0) is 17.7 Å². The second-order valence-corrected chi connectivity index (χ2v) is 7.57. The molecule has 0 saturated carbocycles. The summed E-state index contributed by atoms with van der Waals surface area (Å²) in [4.78, 5) is 12.7. The first-order chi connectivity index (χ1) is 15.2. The normalized spacial score (nSPS) is 32.2. The Morgan fingerprint density at radius 2 is 1.62 bits per heavy atom. The molecular weight excluding hydrogens is 428 g/mol. The molecule has 1 saturated heterocycles. The third kappa shape index (κ3) is 3.86. The van der Waals surface area contributed by atoms with Gasteiger partial charge in [-0.3, -0.25) is 4.79 Å². The number of hydrogen-bond acceptors (Lipinski definition) is 11. The fourth-order valence-electron chi connectivity index (χ4n) is 3.68. The summed E-state index contributed by atoms with van der Waals surface area (Å²) in [7, 11) is 0. The average Bonchev–Trinajstić information content (AvgIpc) is 2.77. The van der Waals surface area contributed by atoms with Gasteiger partial charge >= 0.3 is 0 Å². The van der Waals surface area contributed by atoms with Gasteiger partial charge in [0.05, 0.1) is 6.61 Å². The van der Waals surface area contributed by atoms with E-state index in [4.69, 9.17) is 14.2 Å². The maximum atomic E-state index is 12.7. The number of carbonyl (C=O) groups is 1. The standard InChI is InChI=1S/C21H22O11/c22-7-13-15(25)17(27)19(29)21(32-13)30-10-5-11(24)14-12(6-10)31-20(18(28)16(14)26)8-1-3-9(23)4-2-8/h1-6,13,15,17-25,27-29H,7H2/t13-,15-,17+,18+,19-,20+,21-/m1/s1. The molecule has 0 aliphatic carbocycles. The van der Waals surface area contributed by atoms with E-state index in [0.29, 0.717) is 5.56 Å². The predicted octanol–water partition coefficient (Wildman–Crippen LogP) is -1.05. The minimum Gasteiger partial charge on any atom is -0.508 e. The van der Waals surface area contributed by atoms with Gasteiger partial charge in [0.15, 0.2) is 12.2 Å². The van der Waals surface area contributed by atoms with Crippen molar-refractivity contribution in [3.63, 3.8) is 0 Å². The highest BCUT2D eigenvalue weighted by Crippen LogP contribution is 2.42. The first kappa shape index (κ1) is 22.3. The number of aliphatic hydroxyl groups excluding tert-OH is 5. The summed E-state index contributed by atoms with van der Waals surface area (Å²) in [5.74, 6) is -1.59. The lowest BCUT2D eigenvalue weighted by atomic mass is 9.93. The molecule has 1 fully saturated rings. The number of phenolic OH excluding ortho intramolecular Hbond substituents is 2. The highest BCUT2D eigenvalue weighted by molar-refractivity contribution is 6.05. The van der Waals surface area contributed by atoms with Crippen molar-refractivity contribution >= 4 is 5.78 Å². The summed E-state index contributed by atoms with van der Waals surface area (Å²) in [6.45, 7) is -0.649. The Labute approximate surface area is 181 Å². The molecule has 0 aromatic heterocycles. The lowest BCUT2D eigenvalue weighted by Crippen LogP contribution is -2.60. The number of benzene rings is 2. The van der Waals surface area contributed by atoms with Crippen molar-refractivity contribution in [2.24, 2.45) is 0 Å². The van der Waals surface area contributed by atoms with Crippen molar-refractivity contribution in [2.45, 2.75) is 42.9 Å². The molecule has 32 heavy (non-hydrogen) atoms. The molecule has 4 rings (SSSR count). The van der Waals surface area contributed by atoms with Crippen LogP contribution in [-0.2, 0) is 4.74 Å². The summed E-state index contributed by atoms with van der Waals surface area (Å²) in [6, 6.07) is 7.93. The molecule has 11 nitrogen and oxygen atoms in total. The van der Waals surface area contributed by atoms with E-state index < -0.39 is 61.1 Å². The highest BCUT2D eigenvalue weighted by Gasteiger charge is 2.45. The number of aliphatic hydroxyl groups is 5. The lowest BCUT2D eigenvalue weighted by molar-refractivity contribution is -0.277. The van der Waals surface area contributed by atoms with Crippen molar-refractivity contribution < 1.29 is 54.8 Å². The molecule has 2 aliphatic heterocycles. The molecule has 0 spiro atoms. The zero-order chi connectivity index (χ0) is 23.2. The third-order valence-electron chi connectivity index (χ3n) is 5.43. The van der Waals surface area contributed by atoms with Crippen LogP contribution in [-0.4, -0.2) is 84.9 Å². The smallest absolute Gasteiger partial charge is 0.229 e. The van der Waals surface area contributed by atoms with Crippen LogP contribution in [0.3, 0.4) is 0 Å². The minimum absolute atomic E-state index is 0.0152. The number of Topliss-reactive ketones (excluding diaryl/α,β-unsaturated/α-hetero) is 1. The van der Waals surface area contributed by atoms with Crippen LogP contribution >= 0.6 is 0 Å². The summed E-state index contributed by atoms with van der Waals surface area (Å²) >= 11 is 0. The maximum Gasteiger partial charge on any atom is 0.229 e. The van der Waals surface area contributed by atoms with E-state index in [1.165, 1.54) is 30.3 Å². The maximum absolute atomic E-state index is 12.7. The largest absolute Gasteiger partial charge is 0.508 e. The van der Waals surface area contributed by atoms with Crippen molar-refractivity contribution in [3.05, 3.63) is 47.5 Å². The molecule has 0 radical (unpaired) electrons. The van der Waals surface area contributed by atoms with E-state index in [0.717, 1.165) is 6.07 Å². The van der Waals surface area contributed by atoms with Crippen LogP contribution in [0.2, 0.25) is 0 Å². The van der Waals surface area contributed by atoms with Crippen LogP contribution < -0.4 is 9.47 Å². The molecule has 0 bridgehead atoms. The zero-order valence-corrected chi connectivity index (χ0v) is 16.5. The number of fused-ring (bicyclic) bond motifs is 1. The van der Waals surface area contributed by atoms with Crippen LogP contribution in [0, 0.1) is 0 Å². The third-order valence-corrected chi connectivity index (χ3v) is 5.43. The van der Waals surface area contributed by atoms with E-state index >= 15 is 0 Å². The molecule has 2 aromatic carbocycles. The molecule has 2 heterocycles.